The molecular weight excluding hydrogens is 356 g/mol. The van der Waals surface area contributed by atoms with Crippen LogP contribution in [-0.4, -0.2) is 56.0 Å². The van der Waals surface area contributed by atoms with E-state index in [2.05, 4.69) is 41.2 Å². The number of aromatic nitrogens is 2. The maximum absolute atomic E-state index is 5.86. The quantitative estimate of drug-likeness (QED) is 0.662. The Kier molecular flexibility index (Phi) is 7.28. The number of anilines is 2. The first-order valence-corrected chi connectivity index (χ1v) is 10.1. The molecule has 0 saturated carbocycles. The zero-order chi connectivity index (χ0) is 19.9. The number of aryl methyl sites for hydroxylation is 4. The van der Waals surface area contributed by atoms with E-state index in [1.54, 1.807) is 7.11 Å². The Balaban J connectivity index is 1.75. The molecule has 1 saturated heterocycles. The molecule has 0 spiro atoms. The van der Waals surface area contributed by atoms with Crippen LogP contribution in [0.15, 0.2) is 16.5 Å². The van der Waals surface area contributed by atoms with E-state index in [1.165, 1.54) is 5.69 Å². The van der Waals surface area contributed by atoms with Crippen molar-refractivity contribution < 1.29 is 13.9 Å². The smallest absolute Gasteiger partial charge is 0.195 e. The van der Waals surface area contributed by atoms with Crippen LogP contribution in [0.25, 0.3) is 0 Å². The average Bonchev–Trinajstić information content (AvgIpc) is 3.06. The minimum Gasteiger partial charge on any atom is -0.445 e. The minimum absolute atomic E-state index is 0.234. The summed E-state index contributed by atoms with van der Waals surface area (Å²) in [4.78, 5) is 11.7. The lowest BCUT2D eigenvalue weighted by Crippen LogP contribution is -2.41. The fourth-order valence-electron chi connectivity index (χ4n) is 3.47. The number of nitrogens with one attached hydrogen (secondary N) is 1. The van der Waals surface area contributed by atoms with Crippen molar-refractivity contribution >= 4 is 11.5 Å². The summed E-state index contributed by atoms with van der Waals surface area (Å²) < 4.78 is 16.7. The molecule has 0 aromatic carbocycles. The SMILES string of the molecule is CCc1oc(CCc2cc(N3CCOC(C)C3)cc(NCCOC)n2)nc1C. The summed E-state index contributed by atoms with van der Waals surface area (Å²) in [6.07, 6.45) is 2.64. The van der Waals surface area contributed by atoms with Gasteiger partial charge in [-0.05, 0) is 26.3 Å². The Labute approximate surface area is 167 Å². The van der Waals surface area contributed by atoms with Gasteiger partial charge in [-0.15, -0.1) is 0 Å². The third-order valence-corrected chi connectivity index (χ3v) is 4.93. The number of hydrogen-bond donors (Lipinski definition) is 1. The molecule has 28 heavy (non-hydrogen) atoms. The van der Waals surface area contributed by atoms with E-state index >= 15 is 0 Å². The van der Waals surface area contributed by atoms with Crippen LogP contribution in [-0.2, 0) is 28.7 Å². The molecule has 0 aliphatic carbocycles. The van der Waals surface area contributed by atoms with Gasteiger partial charge in [-0.25, -0.2) is 9.97 Å². The number of morpholine rings is 1. The van der Waals surface area contributed by atoms with Crippen LogP contribution in [0.1, 0.15) is 36.9 Å². The van der Waals surface area contributed by atoms with Gasteiger partial charge in [-0.2, -0.15) is 0 Å². The highest BCUT2D eigenvalue weighted by Crippen LogP contribution is 2.23. The van der Waals surface area contributed by atoms with Crippen LogP contribution in [0.5, 0.6) is 0 Å². The average molecular weight is 389 g/mol. The van der Waals surface area contributed by atoms with Gasteiger partial charge in [0.2, 0.25) is 0 Å². The summed E-state index contributed by atoms with van der Waals surface area (Å²) in [6, 6.07) is 4.29. The van der Waals surface area contributed by atoms with Crippen molar-refractivity contribution in [3.05, 3.63) is 35.2 Å². The number of oxazole rings is 1. The summed E-state index contributed by atoms with van der Waals surface area (Å²) in [5.74, 6) is 2.64. The lowest BCUT2D eigenvalue weighted by Gasteiger charge is -2.33. The van der Waals surface area contributed by atoms with Crippen molar-refractivity contribution in [2.75, 3.05) is 50.2 Å². The second-order valence-electron chi connectivity index (χ2n) is 7.22. The Morgan fingerprint density at radius 1 is 1.29 bits per heavy atom. The van der Waals surface area contributed by atoms with Gasteiger partial charge in [0.1, 0.15) is 11.6 Å². The summed E-state index contributed by atoms with van der Waals surface area (Å²) in [7, 11) is 1.70. The normalized spacial score (nSPS) is 17.1. The number of ether oxygens (including phenoxy) is 2. The maximum atomic E-state index is 5.86. The monoisotopic (exact) mass is 388 g/mol. The van der Waals surface area contributed by atoms with Crippen molar-refractivity contribution in [3.8, 4) is 0 Å². The third kappa shape index (κ3) is 5.45. The summed E-state index contributed by atoms with van der Waals surface area (Å²) in [5, 5.41) is 3.36. The van der Waals surface area contributed by atoms with E-state index in [-0.39, 0.29) is 6.10 Å². The molecule has 3 heterocycles. The van der Waals surface area contributed by atoms with Gasteiger partial charge in [-0.3, -0.25) is 0 Å². The Bertz CT molecular complexity index is 762. The van der Waals surface area contributed by atoms with Crippen molar-refractivity contribution in [1.82, 2.24) is 9.97 Å². The van der Waals surface area contributed by atoms with Crippen molar-refractivity contribution in [2.24, 2.45) is 0 Å². The topological polar surface area (TPSA) is 72.7 Å². The molecule has 1 N–H and O–H groups in total. The number of methoxy groups -OCH3 is 1. The second kappa shape index (κ2) is 9.89. The largest absolute Gasteiger partial charge is 0.445 e. The lowest BCUT2D eigenvalue weighted by molar-refractivity contribution is 0.0532. The third-order valence-electron chi connectivity index (χ3n) is 4.93. The van der Waals surface area contributed by atoms with Crippen LogP contribution in [0, 0.1) is 6.92 Å². The van der Waals surface area contributed by atoms with Gasteiger partial charge in [-0.1, -0.05) is 6.92 Å². The van der Waals surface area contributed by atoms with E-state index < -0.39 is 0 Å². The van der Waals surface area contributed by atoms with Gasteiger partial charge in [0.05, 0.1) is 25.0 Å². The first kappa shape index (κ1) is 20.6. The highest BCUT2D eigenvalue weighted by molar-refractivity contribution is 5.56. The van der Waals surface area contributed by atoms with Crippen molar-refractivity contribution in [3.63, 3.8) is 0 Å². The van der Waals surface area contributed by atoms with Crippen molar-refractivity contribution in [2.45, 2.75) is 46.1 Å². The highest BCUT2D eigenvalue weighted by Gasteiger charge is 2.18. The zero-order valence-corrected chi connectivity index (χ0v) is 17.5. The predicted octanol–water partition coefficient (Wildman–Crippen LogP) is 3.01. The van der Waals surface area contributed by atoms with E-state index in [9.17, 15) is 0 Å². The minimum atomic E-state index is 0.234. The standard InChI is InChI=1S/C21H32N4O3/c1-5-19-16(3)23-21(28-19)7-6-17-12-18(25-9-11-27-15(2)14-25)13-20(24-17)22-8-10-26-4/h12-13,15H,5-11,14H2,1-4H3,(H,22,24). The summed E-state index contributed by atoms with van der Waals surface area (Å²) in [5.41, 5.74) is 3.20. The Morgan fingerprint density at radius 2 is 2.14 bits per heavy atom. The molecule has 1 aliphatic rings. The van der Waals surface area contributed by atoms with Crippen molar-refractivity contribution in [1.29, 1.82) is 0 Å². The molecule has 1 atom stereocenters. The predicted molar refractivity (Wildman–Crippen MR) is 110 cm³/mol. The molecule has 1 aliphatic heterocycles. The van der Waals surface area contributed by atoms with Crippen LogP contribution < -0.4 is 10.2 Å². The molecule has 0 amide bonds. The molecule has 1 fully saturated rings. The number of pyridine rings is 1. The molecule has 7 nitrogen and oxygen atoms in total. The molecule has 2 aromatic rings. The second-order valence-corrected chi connectivity index (χ2v) is 7.22. The van der Waals surface area contributed by atoms with E-state index in [0.717, 1.165) is 74.4 Å². The molecule has 2 aromatic heterocycles. The molecule has 3 rings (SSSR count). The Hall–Kier alpha value is -2.12. The molecule has 0 radical (unpaired) electrons. The highest BCUT2D eigenvalue weighted by atomic mass is 16.5. The maximum Gasteiger partial charge on any atom is 0.195 e. The van der Waals surface area contributed by atoms with Gasteiger partial charge in [0.25, 0.3) is 0 Å². The summed E-state index contributed by atoms with van der Waals surface area (Å²) in [6.45, 7) is 10.1. The van der Waals surface area contributed by atoms with E-state index in [4.69, 9.17) is 18.9 Å². The van der Waals surface area contributed by atoms with E-state index in [0.29, 0.717) is 6.61 Å². The van der Waals surface area contributed by atoms with Gasteiger partial charge in [0.15, 0.2) is 5.89 Å². The molecule has 1 unspecified atom stereocenters. The molecule has 7 heteroatoms. The first-order valence-electron chi connectivity index (χ1n) is 10.1. The summed E-state index contributed by atoms with van der Waals surface area (Å²) >= 11 is 0. The zero-order valence-electron chi connectivity index (χ0n) is 17.5. The fourth-order valence-corrected chi connectivity index (χ4v) is 3.47. The number of nitrogens with zero attached hydrogens (tertiary/aromatic N) is 3. The molecule has 154 valence electrons. The molecule has 0 bridgehead atoms. The molecular formula is C21H32N4O3. The fraction of sp³-hybridized carbons (Fsp3) is 0.619. The van der Waals surface area contributed by atoms with Crippen LogP contribution in [0.3, 0.4) is 0 Å². The van der Waals surface area contributed by atoms with Crippen LogP contribution in [0.2, 0.25) is 0 Å². The number of rotatable bonds is 9. The number of hydrogen-bond acceptors (Lipinski definition) is 7. The van der Waals surface area contributed by atoms with Gasteiger partial charge in [0, 0.05) is 57.0 Å². The van der Waals surface area contributed by atoms with Crippen LogP contribution >= 0.6 is 0 Å². The van der Waals surface area contributed by atoms with Gasteiger partial charge >= 0.3 is 0 Å². The van der Waals surface area contributed by atoms with Gasteiger partial charge < -0.3 is 24.1 Å². The van der Waals surface area contributed by atoms with E-state index in [1.807, 2.05) is 6.92 Å². The Morgan fingerprint density at radius 3 is 2.86 bits per heavy atom. The van der Waals surface area contributed by atoms with Crippen LogP contribution in [0.4, 0.5) is 11.5 Å². The first-order chi connectivity index (χ1) is 13.6. The lowest BCUT2D eigenvalue weighted by atomic mass is 10.1.